The van der Waals surface area contributed by atoms with Gasteiger partial charge in [0, 0.05) is 38.0 Å². The average Bonchev–Trinajstić information content (AvgIpc) is 2.45. The smallest absolute Gasteiger partial charge is 0.128 e. The van der Waals surface area contributed by atoms with E-state index in [1.165, 1.54) is 12.8 Å². The van der Waals surface area contributed by atoms with Gasteiger partial charge in [0.25, 0.3) is 0 Å². The molecule has 0 unspecified atom stereocenters. The minimum absolute atomic E-state index is 0.288. The molecule has 1 fully saturated rings. The molecule has 0 saturated carbocycles. The van der Waals surface area contributed by atoms with Crippen molar-refractivity contribution in [1.29, 1.82) is 0 Å². The first kappa shape index (κ1) is 14.3. The van der Waals surface area contributed by atoms with Gasteiger partial charge in [-0.15, -0.1) is 0 Å². The van der Waals surface area contributed by atoms with Gasteiger partial charge in [-0.2, -0.15) is 0 Å². The highest BCUT2D eigenvalue weighted by atomic mass is 16.3. The van der Waals surface area contributed by atoms with Crippen LogP contribution in [0.4, 0.5) is 5.82 Å². The van der Waals surface area contributed by atoms with Crippen LogP contribution in [0.25, 0.3) is 0 Å². The fraction of sp³-hybridized carbons (Fsp3) is 0.667. The Balaban J connectivity index is 1.85. The fourth-order valence-electron chi connectivity index (χ4n) is 2.74. The van der Waals surface area contributed by atoms with Crippen LogP contribution in [0.3, 0.4) is 0 Å². The molecule has 0 spiro atoms. The lowest BCUT2D eigenvalue weighted by Crippen LogP contribution is -2.44. The maximum absolute atomic E-state index is 8.89. The Kier molecular flexibility index (Phi) is 5.16. The number of aromatic nitrogens is 1. The number of nitrogens with zero attached hydrogens (tertiary/aromatic N) is 3. The van der Waals surface area contributed by atoms with Gasteiger partial charge in [0.05, 0.1) is 0 Å². The third-order valence-electron chi connectivity index (χ3n) is 3.95. The van der Waals surface area contributed by atoms with Gasteiger partial charge >= 0.3 is 0 Å². The monoisotopic (exact) mass is 263 g/mol. The minimum atomic E-state index is 0.288. The number of aryl methyl sites for hydroxylation is 1. The maximum Gasteiger partial charge on any atom is 0.128 e. The van der Waals surface area contributed by atoms with Gasteiger partial charge in [0.2, 0.25) is 0 Å². The van der Waals surface area contributed by atoms with E-state index in [1.807, 2.05) is 13.0 Å². The Morgan fingerprint density at radius 1 is 1.37 bits per heavy atom. The lowest BCUT2D eigenvalue weighted by Gasteiger charge is -2.37. The molecule has 1 aromatic rings. The lowest BCUT2D eigenvalue weighted by atomic mass is 10.0. The highest BCUT2D eigenvalue weighted by molar-refractivity contribution is 5.39. The summed E-state index contributed by atoms with van der Waals surface area (Å²) in [6.07, 6.45) is 3.23. The van der Waals surface area contributed by atoms with Crippen LogP contribution in [0.5, 0.6) is 0 Å². The van der Waals surface area contributed by atoms with Crippen molar-refractivity contribution in [2.24, 2.45) is 0 Å². The van der Waals surface area contributed by atoms with E-state index in [-0.39, 0.29) is 6.61 Å². The summed E-state index contributed by atoms with van der Waals surface area (Å²) in [5.41, 5.74) is 1.08. The van der Waals surface area contributed by atoms with Gasteiger partial charge in [0.1, 0.15) is 5.82 Å². The van der Waals surface area contributed by atoms with Gasteiger partial charge in [-0.05, 0) is 45.4 Å². The Bertz CT molecular complexity index is 389. The first-order chi connectivity index (χ1) is 9.20. The van der Waals surface area contributed by atoms with Crippen LogP contribution in [0.2, 0.25) is 0 Å². The maximum atomic E-state index is 8.89. The predicted octanol–water partition coefficient (Wildman–Crippen LogP) is 1.67. The van der Waals surface area contributed by atoms with Crippen molar-refractivity contribution >= 4 is 5.82 Å². The second kappa shape index (κ2) is 6.87. The van der Waals surface area contributed by atoms with Crippen molar-refractivity contribution in [3.63, 3.8) is 0 Å². The van der Waals surface area contributed by atoms with E-state index < -0.39 is 0 Å². The third-order valence-corrected chi connectivity index (χ3v) is 3.95. The first-order valence-electron chi connectivity index (χ1n) is 7.20. The lowest BCUT2D eigenvalue weighted by molar-refractivity contribution is 0.184. The zero-order valence-corrected chi connectivity index (χ0v) is 12.0. The number of piperidine rings is 1. The van der Waals surface area contributed by atoms with E-state index in [0.29, 0.717) is 6.04 Å². The summed E-state index contributed by atoms with van der Waals surface area (Å²) in [5.74, 6) is 1.11. The van der Waals surface area contributed by atoms with Gasteiger partial charge in [-0.1, -0.05) is 6.07 Å². The van der Waals surface area contributed by atoms with E-state index in [9.17, 15) is 0 Å². The molecule has 0 atom stereocenters. The number of rotatable bonds is 5. The van der Waals surface area contributed by atoms with E-state index in [2.05, 4.69) is 34.0 Å². The molecule has 2 heterocycles. The van der Waals surface area contributed by atoms with Crippen LogP contribution in [0.1, 0.15) is 25.0 Å². The molecular formula is C15H25N3O. The molecule has 2 rings (SSSR count). The molecule has 1 aliphatic rings. The van der Waals surface area contributed by atoms with Crippen molar-refractivity contribution in [1.82, 2.24) is 9.88 Å². The van der Waals surface area contributed by atoms with Crippen LogP contribution in [-0.4, -0.2) is 54.3 Å². The molecule has 1 aliphatic heterocycles. The number of hydrogen-bond donors (Lipinski definition) is 1. The number of anilines is 1. The Labute approximate surface area is 116 Å². The standard InChI is InChI=1S/C15H25N3O/c1-13-5-3-6-15(16-13)18-10-7-14(8-11-18)17(2)9-4-12-19/h3,5-6,14,19H,4,7-12H2,1-2H3. The number of aliphatic hydroxyl groups is 1. The van der Waals surface area contributed by atoms with Crippen LogP contribution >= 0.6 is 0 Å². The highest BCUT2D eigenvalue weighted by Crippen LogP contribution is 2.20. The SMILES string of the molecule is Cc1cccc(N2CCC(N(C)CCCO)CC2)n1. The molecule has 0 aliphatic carbocycles. The minimum Gasteiger partial charge on any atom is -0.396 e. The number of hydrogen-bond acceptors (Lipinski definition) is 4. The van der Waals surface area contributed by atoms with Crippen molar-refractivity contribution in [3.8, 4) is 0 Å². The average molecular weight is 263 g/mol. The summed E-state index contributed by atoms with van der Waals surface area (Å²) in [4.78, 5) is 9.36. The summed E-state index contributed by atoms with van der Waals surface area (Å²) < 4.78 is 0. The van der Waals surface area contributed by atoms with Crippen molar-refractivity contribution in [2.75, 3.05) is 38.2 Å². The molecule has 1 saturated heterocycles. The van der Waals surface area contributed by atoms with Crippen LogP contribution in [0, 0.1) is 6.92 Å². The second-order valence-corrected chi connectivity index (χ2v) is 5.41. The molecule has 19 heavy (non-hydrogen) atoms. The Morgan fingerprint density at radius 2 is 2.11 bits per heavy atom. The molecule has 4 nitrogen and oxygen atoms in total. The molecule has 4 heteroatoms. The fourth-order valence-corrected chi connectivity index (χ4v) is 2.74. The van der Waals surface area contributed by atoms with E-state index in [0.717, 1.165) is 37.6 Å². The quantitative estimate of drug-likeness (QED) is 0.877. The predicted molar refractivity (Wildman–Crippen MR) is 78.5 cm³/mol. The van der Waals surface area contributed by atoms with E-state index >= 15 is 0 Å². The van der Waals surface area contributed by atoms with E-state index in [4.69, 9.17) is 5.11 Å². The summed E-state index contributed by atoms with van der Waals surface area (Å²) in [5, 5.41) is 8.89. The second-order valence-electron chi connectivity index (χ2n) is 5.41. The first-order valence-corrected chi connectivity index (χ1v) is 7.20. The van der Waals surface area contributed by atoms with Crippen LogP contribution in [0.15, 0.2) is 18.2 Å². The summed E-state index contributed by atoms with van der Waals surface area (Å²) in [6.45, 7) is 5.47. The Hall–Kier alpha value is -1.13. The normalized spacial score (nSPS) is 17.2. The summed E-state index contributed by atoms with van der Waals surface area (Å²) in [7, 11) is 2.17. The molecule has 0 bridgehead atoms. The molecule has 0 amide bonds. The van der Waals surface area contributed by atoms with Crippen LogP contribution < -0.4 is 4.90 Å². The molecule has 0 aromatic carbocycles. The van der Waals surface area contributed by atoms with Gasteiger partial charge in [-0.25, -0.2) is 4.98 Å². The molecule has 106 valence electrons. The number of pyridine rings is 1. The Morgan fingerprint density at radius 3 is 2.74 bits per heavy atom. The highest BCUT2D eigenvalue weighted by Gasteiger charge is 2.22. The van der Waals surface area contributed by atoms with Gasteiger partial charge in [-0.3, -0.25) is 0 Å². The molecular weight excluding hydrogens is 238 g/mol. The molecule has 1 aromatic heterocycles. The molecule has 1 N–H and O–H groups in total. The number of aliphatic hydroxyl groups excluding tert-OH is 1. The van der Waals surface area contributed by atoms with Gasteiger partial charge in [0.15, 0.2) is 0 Å². The zero-order chi connectivity index (χ0) is 13.7. The van der Waals surface area contributed by atoms with Crippen molar-refractivity contribution in [3.05, 3.63) is 23.9 Å². The van der Waals surface area contributed by atoms with Crippen molar-refractivity contribution in [2.45, 2.75) is 32.2 Å². The summed E-state index contributed by atoms with van der Waals surface area (Å²) >= 11 is 0. The largest absolute Gasteiger partial charge is 0.396 e. The van der Waals surface area contributed by atoms with Crippen molar-refractivity contribution < 1.29 is 5.11 Å². The zero-order valence-electron chi connectivity index (χ0n) is 12.0. The van der Waals surface area contributed by atoms with E-state index in [1.54, 1.807) is 0 Å². The third kappa shape index (κ3) is 3.91. The summed E-state index contributed by atoms with van der Waals surface area (Å²) in [6, 6.07) is 6.87. The topological polar surface area (TPSA) is 39.6 Å². The van der Waals surface area contributed by atoms with Crippen LogP contribution in [-0.2, 0) is 0 Å². The molecule has 0 radical (unpaired) electrons. The van der Waals surface area contributed by atoms with Gasteiger partial charge < -0.3 is 14.9 Å².